The van der Waals surface area contributed by atoms with Crippen LogP contribution in [-0.4, -0.2) is 50.2 Å². The average molecular weight is 630 g/mol. The quantitative estimate of drug-likeness (QED) is 0.191. The molecule has 3 aromatic heterocycles. The highest BCUT2D eigenvalue weighted by Crippen LogP contribution is 2.27. The van der Waals surface area contributed by atoms with Crippen LogP contribution in [0.1, 0.15) is 18.8 Å². The standard InChI is InChI=1S/C29H24ClN9O4S/c1-16(35-26-24-25(32-14-31-24)33-15-34-26)27-37-21-11-6-9-19(30)23(21)28(40)39(27)18-8-5-7-17(13-18)36-29(41)38-20-10-3-4-12-22(20)44(2,42)43/h3-16H,1-2H3,(H2,36,38,41)(H2,31,32,33,34,35)/t16-/m0/s1. The van der Waals surface area contributed by atoms with Gasteiger partial charge in [-0.05, 0) is 49.4 Å². The van der Waals surface area contributed by atoms with Crippen molar-refractivity contribution in [2.45, 2.75) is 17.9 Å². The summed E-state index contributed by atoms with van der Waals surface area (Å²) in [5.74, 6) is 0.813. The number of aromatic amines is 1. The van der Waals surface area contributed by atoms with E-state index in [2.05, 4.69) is 35.9 Å². The number of anilines is 3. The van der Waals surface area contributed by atoms with Crippen molar-refractivity contribution in [3.63, 3.8) is 0 Å². The molecule has 0 aliphatic rings. The number of nitrogens with one attached hydrogen (secondary N) is 4. The maximum absolute atomic E-state index is 14.0. The normalized spacial score (nSPS) is 12.2. The molecule has 4 N–H and O–H groups in total. The van der Waals surface area contributed by atoms with Gasteiger partial charge in [0.15, 0.2) is 21.3 Å². The molecular formula is C29H24ClN9O4S. The number of rotatable bonds is 7. The molecule has 6 aromatic rings. The third-order valence-corrected chi connectivity index (χ3v) is 8.20. The topological polar surface area (TPSA) is 177 Å². The number of amides is 2. The second-order valence-electron chi connectivity index (χ2n) is 9.83. The summed E-state index contributed by atoms with van der Waals surface area (Å²) in [6, 6.07) is 16.5. The Labute approximate surface area is 255 Å². The van der Waals surface area contributed by atoms with E-state index in [0.717, 1.165) is 6.26 Å². The van der Waals surface area contributed by atoms with Crippen molar-refractivity contribution in [3.8, 4) is 5.69 Å². The minimum atomic E-state index is -3.58. The summed E-state index contributed by atoms with van der Waals surface area (Å²) in [7, 11) is -3.58. The molecule has 0 aliphatic carbocycles. The van der Waals surface area contributed by atoms with Crippen LogP contribution in [0.25, 0.3) is 27.8 Å². The summed E-state index contributed by atoms with van der Waals surface area (Å²) in [6.07, 6.45) is 3.95. The van der Waals surface area contributed by atoms with Crippen LogP contribution in [0.4, 0.5) is 22.0 Å². The van der Waals surface area contributed by atoms with Gasteiger partial charge in [-0.2, -0.15) is 0 Å². The third-order valence-electron chi connectivity index (χ3n) is 6.73. The Kier molecular flexibility index (Phi) is 7.45. The van der Waals surface area contributed by atoms with Gasteiger partial charge in [0, 0.05) is 11.9 Å². The summed E-state index contributed by atoms with van der Waals surface area (Å²) < 4.78 is 25.7. The second-order valence-corrected chi connectivity index (χ2v) is 12.2. The lowest BCUT2D eigenvalue weighted by atomic mass is 10.2. The van der Waals surface area contributed by atoms with Gasteiger partial charge in [0.1, 0.15) is 17.7 Å². The minimum Gasteiger partial charge on any atom is -0.358 e. The molecule has 0 saturated heterocycles. The first kappa shape index (κ1) is 28.8. The van der Waals surface area contributed by atoms with Gasteiger partial charge >= 0.3 is 6.03 Å². The van der Waals surface area contributed by atoms with E-state index in [9.17, 15) is 18.0 Å². The van der Waals surface area contributed by atoms with E-state index in [-0.39, 0.29) is 21.0 Å². The number of H-pyrrole nitrogens is 1. The number of urea groups is 1. The van der Waals surface area contributed by atoms with Crippen molar-refractivity contribution < 1.29 is 13.2 Å². The van der Waals surface area contributed by atoms with Crippen LogP contribution in [-0.2, 0) is 9.84 Å². The number of carbonyl (C=O) groups excluding carboxylic acids is 1. The molecule has 222 valence electrons. The fourth-order valence-electron chi connectivity index (χ4n) is 4.79. The van der Waals surface area contributed by atoms with E-state index in [1.54, 1.807) is 54.6 Å². The average Bonchev–Trinajstić information content (AvgIpc) is 3.47. The zero-order chi connectivity index (χ0) is 31.0. The monoisotopic (exact) mass is 629 g/mol. The number of carbonyl (C=O) groups is 1. The first-order chi connectivity index (χ1) is 21.1. The molecule has 15 heteroatoms. The van der Waals surface area contributed by atoms with Crippen molar-refractivity contribution in [2.75, 3.05) is 22.2 Å². The van der Waals surface area contributed by atoms with Crippen LogP contribution in [0.3, 0.4) is 0 Å². The first-order valence-corrected chi connectivity index (χ1v) is 15.5. The summed E-state index contributed by atoms with van der Waals surface area (Å²) >= 11 is 6.45. The third kappa shape index (κ3) is 5.55. The van der Waals surface area contributed by atoms with Crippen molar-refractivity contribution in [2.24, 2.45) is 0 Å². The van der Waals surface area contributed by atoms with Crippen molar-refractivity contribution in [3.05, 3.63) is 101 Å². The van der Waals surface area contributed by atoms with Crippen molar-refractivity contribution >= 4 is 66.7 Å². The van der Waals surface area contributed by atoms with Gasteiger partial charge in [0.25, 0.3) is 5.56 Å². The molecule has 0 radical (unpaired) electrons. The molecule has 0 fully saturated rings. The van der Waals surface area contributed by atoms with Gasteiger partial charge in [0.05, 0.1) is 44.6 Å². The van der Waals surface area contributed by atoms with Crippen LogP contribution in [0.15, 0.2) is 89.1 Å². The number of benzene rings is 3. The lowest BCUT2D eigenvalue weighted by Gasteiger charge is -2.21. The number of nitrogens with zero attached hydrogens (tertiary/aromatic N) is 5. The number of para-hydroxylation sites is 1. The van der Waals surface area contributed by atoms with E-state index in [0.29, 0.717) is 39.7 Å². The van der Waals surface area contributed by atoms with E-state index >= 15 is 0 Å². The maximum atomic E-state index is 14.0. The number of sulfone groups is 1. The zero-order valence-corrected chi connectivity index (χ0v) is 24.8. The number of fused-ring (bicyclic) bond motifs is 2. The molecule has 2 amide bonds. The highest BCUT2D eigenvalue weighted by atomic mass is 35.5. The van der Waals surface area contributed by atoms with Crippen LogP contribution in [0.5, 0.6) is 0 Å². The van der Waals surface area contributed by atoms with Gasteiger partial charge in [-0.3, -0.25) is 9.36 Å². The number of halogens is 1. The van der Waals surface area contributed by atoms with Crippen LogP contribution < -0.4 is 21.5 Å². The molecule has 6 rings (SSSR count). The van der Waals surface area contributed by atoms with Gasteiger partial charge in [-0.15, -0.1) is 0 Å². The molecule has 13 nitrogen and oxygen atoms in total. The first-order valence-electron chi connectivity index (χ1n) is 13.2. The minimum absolute atomic E-state index is 0.0169. The zero-order valence-electron chi connectivity index (χ0n) is 23.2. The Balaban J connectivity index is 1.39. The lowest BCUT2D eigenvalue weighted by molar-refractivity contribution is 0.262. The predicted octanol–water partition coefficient (Wildman–Crippen LogP) is 4.93. The Hall–Kier alpha value is -5.34. The van der Waals surface area contributed by atoms with Gasteiger partial charge in [0.2, 0.25) is 0 Å². The Morgan fingerprint density at radius 3 is 2.61 bits per heavy atom. The molecule has 1 atom stereocenters. The lowest BCUT2D eigenvalue weighted by Crippen LogP contribution is -2.28. The molecule has 44 heavy (non-hydrogen) atoms. The summed E-state index contributed by atoms with van der Waals surface area (Å²) in [5, 5.41) is 9.05. The van der Waals surface area contributed by atoms with E-state index in [4.69, 9.17) is 16.6 Å². The highest BCUT2D eigenvalue weighted by Gasteiger charge is 2.21. The fraction of sp³-hybridized carbons (Fsp3) is 0.103. The highest BCUT2D eigenvalue weighted by molar-refractivity contribution is 7.90. The van der Waals surface area contributed by atoms with Crippen LogP contribution in [0.2, 0.25) is 5.02 Å². The van der Waals surface area contributed by atoms with Gasteiger partial charge < -0.3 is 20.9 Å². The van der Waals surface area contributed by atoms with Crippen LogP contribution >= 0.6 is 11.6 Å². The number of hydrogen-bond donors (Lipinski definition) is 4. The summed E-state index contributed by atoms with van der Waals surface area (Å²) in [5.41, 5.74) is 1.93. The van der Waals surface area contributed by atoms with E-state index in [1.807, 2.05) is 6.92 Å². The van der Waals surface area contributed by atoms with E-state index < -0.39 is 27.5 Å². The second kappa shape index (κ2) is 11.4. The Morgan fingerprint density at radius 1 is 1.00 bits per heavy atom. The molecule has 0 aliphatic heterocycles. The largest absolute Gasteiger partial charge is 0.358 e. The number of hydrogen-bond acceptors (Lipinski definition) is 9. The molecule has 0 saturated carbocycles. The predicted molar refractivity (Wildman–Crippen MR) is 168 cm³/mol. The Morgan fingerprint density at radius 2 is 1.80 bits per heavy atom. The van der Waals surface area contributed by atoms with Crippen molar-refractivity contribution in [1.82, 2.24) is 29.5 Å². The van der Waals surface area contributed by atoms with E-state index in [1.165, 1.54) is 29.4 Å². The molecule has 0 unspecified atom stereocenters. The number of aromatic nitrogens is 6. The van der Waals surface area contributed by atoms with Crippen molar-refractivity contribution in [1.29, 1.82) is 0 Å². The smallest absolute Gasteiger partial charge is 0.323 e. The molecule has 3 heterocycles. The molecule has 0 spiro atoms. The maximum Gasteiger partial charge on any atom is 0.323 e. The number of imidazole rings is 1. The fourth-order valence-corrected chi connectivity index (χ4v) is 5.89. The molecule has 3 aromatic carbocycles. The van der Waals surface area contributed by atoms with Gasteiger partial charge in [-0.1, -0.05) is 35.9 Å². The van der Waals surface area contributed by atoms with Gasteiger partial charge in [-0.25, -0.2) is 33.1 Å². The molecule has 0 bridgehead atoms. The summed E-state index contributed by atoms with van der Waals surface area (Å²) in [6.45, 7) is 1.83. The SMILES string of the molecule is C[C@H](Nc1ncnc2nc[nH]c12)c1nc2cccc(Cl)c2c(=O)n1-c1cccc(NC(=O)Nc2ccccc2S(C)(=O)=O)c1. The van der Waals surface area contributed by atoms with Crippen LogP contribution in [0, 0.1) is 0 Å². The summed E-state index contributed by atoms with van der Waals surface area (Å²) in [4.78, 5) is 47.4. The Bertz CT molecular complexity index is 2230. The molecular weight excluding hydrogens is 606 g/mol.